The molecule has 9 nitrogen and oxygen atoms in total. The summed E-state index contributed by atoms with van der Waals surface area (Å²) < 4.78 is 16.4. The lowest BCUT2D eigenvalue weighted by Gasteiger charge is -2.26. The molecule has 0 radical (unpaired) electrons. The minimum Gasteiger partial charge on any atom is -0.496 e. The summed E-state index contributed by atoms with van der Waals surface area (Å²) in [7, 11) is 0.498. The molecule has 2 aliphatic rings. The lowest BCUT2D eigenvalue weighted by molar-refractivity contribution is 0.0819. The summed E-state index contributed by atoms with van der Waals surface area (Å²) in [6, 6.07) is 16.8. The van der Waals surface area contributed by atoms with Gasteiger partial charge in [0.15, 0.2) is 5.82 Å². The highest BCUT2D eigenvalue weighted by Crippen LogP contribution is 2.38. The van der Waals surface area contributed by atoms with Crippen molar-refractivity contribution in [2.45, 2.75) is 96.4 Å². The summed E-state index contributed by atoms with van der Waals surface area (Å²) in [6.07, 6.45) is 13.7. The molecule has 1 N–H and O–H groups in total. The third kappa shape index (κ3) is 7.30. The Hall–Kier alpha value is -3.73. The van der Waals surface area contributed by atoms with Crippen molar-refractivity contribution in [3.05, 3.63) is 60.4 Å². The van der Waals surface area contributed by atoms with Crippen LogP contribution in [0.2, 0.25) is 25.7 Å². The van der Waals surface area contributed by atoms with Crippen molar-refractivity contribution in [2.24, 2.45) is 0 Å². The van der Waals surface area contributed by atoms with Crippen molar-refractivity contribution in [3.8, 4) is 16.9 Å². The molecule has 7 rings (SSSR count). The third-order valence-corrected chi connectivity index (χ3v) is 11.8. The van der Waals surface area contributed by atoms with Gasteiger partial charge in [-0.2, -0.15) is 5.10 Å². The number of anilines is 2. The first kappa shape index (κ1) is 32.8. The fraction of sp³-hybridized carbons (Fsp3) is 0.500. The van der Waals surface area contributed by atoms with Crippen LogP contribution in [0.5, 0.6) is 5.75 Å². The molecule has 254 valence electrons. The van der Waals surface area contributed by atoms with E-state index >= 15 is 0 Å². The highest BCUT2D eigenvalue weighted by Gasteiger charge is 2.24. The normalized spacial score (nSPS) is 16.6. The van der Waals surface area contributed by atoms with E-state index in [1.807, 2.05) is 16.9 Å². The zero-order valence-corrected chi connectivity index (χ0v) is 30.2. The van der Waals surface area contributed by atoms with Gasteiger partial charge in [0.25, 0.3) is 0 Å². The average Bonchev–Trinajstić information content (AvgIpc) is 3.63. The first-order valence-corrected chi connectivity index (χ1v) is 21.6. The van der Waals surface area contributed by atoms with Crippen LogP contribution in [0.25, 0.3) is 33.1 Å². The predicted octanol–water partition coefficient (Wildman–Crippen LogP) is 9.00. The second-order valence-electron chi connectivity index (χ2n) is 14.9. The summed E-state index contributed by atoms with van der Waals surface area (Å²) in [5, 5.41) is 9.91. The molecule has 1 aliphatic carbocycles. The van der Waals surface area contributed by atoms with E-state index in [4.69, 9.17) is 19.6 Å². The van der Waals surface area contributed by atoms with Crippen LogP contribution in [0.4, 0.5) is 11.8 Å². The molecule has 1 aliphatic heterocycles. The predicted molar refractivity (Wildman–Crippen MR) is 198 cm³/mol. The largest absolute Gasteiger partial charge is 0.496 e. The number of pyridine rings is 1. The number of imidazole rings is 1. The van der Waals surface area contributed by atoms with Gasteiger partial charge in [-0.3, -0.25) is 9.88 Å². The van der Waals surface area contributed by atoms with Crippen LogP contribution in [-0.2, 0) is 18.0 Å². The Labute approximate surface area is 285 Å². The van der Waals surface area contributed by atoms with Crippen molar-refractivity contribution in [2.75, 3.05) is 32.1 Å². The molecule has 2 fully saturated rings. The van der Waals surface area contributed by atoms with Crippen molar-refractivity contribution < 1.29 is 9.47 Å². The van der Waals surface area contributed by atoms with E-state index < -0.39 is 8.07 Å². The molecule has 3 aromatic heterocycles. The number of fused-ring (bicyclic) bond motifs is 2. The highest BCUT2D eigenvalue weighted by atomic mass is 28.3. The summed E-state index contributed by atoms with van der Waals surface area (Å²) in [5.74, 6) is 2.44. The van der Waals surface area contributed by atoms with Crippen LogP contribution in [-0.4, -0.2) is 64.1 Å². The smallest absolute Gasteiger partial charge is 0.209 e. The summed E-state index contributed by atoms with van der Waals surface area (Å²) in [4.78, 5) is 12.3. The molecule has 1 saturated heterocycles. The number of aromatic nitrogens is 5. The molecule has 10 heteroatoms. The van der Waals surface area contributed by atoms with E-state index in [0.717, 1.165) is 64.3 Å². The molecule has 0 atom stereocenters. The Kier molecular flexibility index (Phi) is 9.84. The molecule has 0 unspecified atom stereocenters. The van der Waals surface area contributed by atoms with Crippen LogP contribution < -0.4 is 10.1 Å². The highest BCUT2D eigenvalue weighted by molar-refractivity contribution is 6.76. The Morgan fingerprint density at radius 1 is 0.917 bits per heavy atom. The van der Waals surface area contributed by atoms with Gasteiger partial charge in [-0.05, 0) is 86.3 Å². The maximum Gasteiger partial charge on any atom is 0.209 e. The lowest BCUT2D eigenvalue weighted by Crippen LogP contribution is -2.29. The molecular weight excluding hydrogens is 615 g/mol. The molecule has 5 aromatic rings. The van der Waals surface area contributed by atoms with Gasteiger partial charge in [-0.1, -0.05) is 57.5 Å². The zero-order valence-electron chi connectivity index (χ0n) is 29.2. The fourth-order valence-electron chi connectivity index (χ4n) is 7.36. The maximum absolute atomic E-state index is 6.21. The van der Waals surface area contributed by atoms with Gasteiger partial charge >= 0.3 is 0 Å². The van der Waals surface area contributed by atoms with Gasteiger partial charge in [0, 0.05) is 50.6 Å². The van der Waals surface area contributed by atoms with Crippen molar-refractivity contribution in [3.63, 3.8) is 0 Å². The standard InChI is InChI=1S/C38H51N7O2Si/c1-46-36-17-18-39-25-32(36)29-14-16-34-31(24-29)37(42-44(34)27-47-21-22-48(2,3)4)41-38-40-33-23-28(26-43-19-9-6-10-20-43)13-15-35(33)45(38)30-11-7-5-8-12-30/h13-18,23-25,30H,5-12,19-22,26-27H2,1-4H3,(H,40,41,42). The number of rotatable bonds is 12. The summed E-state index contributed by atoms with van der Waals surface area (Å²) in [5.41, 5.74) is 6.58. The van der Waals surface area contributed by atoms with Crippen LogP contribution in [0.15, 0.2) is 54.9 Å². The number of nitrogens with one attached hydrogen (secondary N) is 1. The molecule has 0 spiro atoms. The SMILES string of the molecule is COc1ccncc1-c1ccc2c(c1)c(Nc1nc3cc(CN4CCCCC4)ccc3n1C1CCCCC1)nn2COCC[Si](C)(C)C. The zero-order chi connectivity index (χ0) is 33.1. The van der Waals surface area contributed by atoms with Crippen LogP contribution in [0.3, 0.4) is 0 Å². The van der Waals surface area contributed by atoms with Gasteiger partial charge in [-0.15, -0.1) is 0 Å². The summed E-state index contributed by atoms with van der Waals surface area (Å²) in [6.45, 7) is 11.6. The number of likely N-dealkylation sites (tertiary alicyclic amines) is 1. The van der Waals surface area contributed by atoms with Crippen LogP contribution in [0, 0.1) is 0 Å². The molecular formula is C38H51N7O2Si. The van der Waals surface area contributed by atoms with E-state index in [1.54, 1.807) is 13.3 Å². The Balaban J connectivity index is 1.27. The number of ether oxygens (including phenoxy) is 2. The fourth-order valence-corrected chi connectivity index (χ4v) is 8.12. The minimum absolute atomic E-state index is 0.400. The number of hydrogen-bond donors (Lipinski definition) is 1. The number of nitrogens with zero attached hydrogens (tertiary/aromatic N) is 6. The van der Waals surface area contributed by atoms with Crippen LogP contribution >= 0.6 is 0 Å². The first-order chi connectivity index (χ1) is 23.4. The molecule has 2 aromatic carbocycles. The Morgan fingerprint density at radius 3 is 2.50 bits per heavy atom. The number of piperidine rings is 1. The topological polar surface area (TPSA) is 82.3 Å². The molecule has 4 heterocycles. The van der Waals surface area contributed by atoms with Gasteiger partial charge in [-0.25, -0.2) is 9.67 Å². The number of methoxy groups -OCH3 is 1. The van der Waals surface area contributed by atoms with Crippen LogP contribution in [0.1, 0.15) is 63.0 Å². The van der Waals surface area contributed by atoms with E-state index in [9.17, 15) is 0 Å². The Bertz CT molecular complexity index is 1850. The lowest BCUT2D eigenvalue weighted by atomic mass is 9.95. The molecule has 48 heavy (non-hydrogen) atoms. The van der Waals surface area contributed by atoms with Crippen molar-refractivity contribution >= 4 is 41.8 Å². The molecule has 0 amide bonds. The quantitative estimate of drug-likeness (QED) is 0.105. The maximum atomic E-state index is 6.21. The summed E-state index contributed by atoms with van der Waals surface area (Å²) >= 11 is 0. The van der Waals surface area contributed by atoms with Gasteiger partial charge in [0.2, 0.25) is 5.95 Å². The van der Waals surface area contributed by atoms with Gasteiger partial charge in [0.05, 0.1) is 23.7 Å². The van der Waals surface area contributed by atoms with E-state index in [-0.39, 0.29) is 0 Å². The Morgan fingerprint density at radius 2 is 1.71 bits per heavy atom. The van der Waals surface area contributed by atoms with E-state index in [0.29, 0.717) is 12.8 Å². The monoisotopic (exact) mass is 665 g/mol. The number of hydrogen-bond acceptors (Lipinski definition) is 7. The number of benzene rings is 2. The van der Waals surface area contributed by atoms with E-state index in [2.05, 4.69) is 75.8 Å². The third-order valence-electron chi connectivity index (χ3n) is 10.1. The average molecular weight is 666 g/mol. The second kappa shape index (κ2) is 14.4. The van der Waals surface area contributed by atoms with E-state index in [1.165, 1.54) is 75.5 Å². The molecule has 0 bridgehead atoms. The van der Waals surface area contributed by atoms with Gasteiger partial charge in [0.1, 0.15) is 12.5 Å². The van der Waals surface area contributed by atoms with Gasteiger partial charge < -0.3 is 19.4 Å². The van der Waals surface area contributed by atoms with Crippen molar-refractivity contribution in [1.82, 2.24) is 29.2 Å². The minimum atomic E-state index is -1.20. The second-order valence-corrected chi connectivity index (χ2v) is 20.5. The van der Waals surface area contributed by atoms with Crippen molar-refractivity contribution in [1.29, 1.82) is 0 Å². The first-order valence-electron chi connectivity index (χ1n) is 17.9. The molecule has 1 saturated carbocycles.